The first-order valence-electron chi connectivity index (χ1n) is 5.59. The number of aliphatic imine (C=N–C) groups is 1. The first kappa shape index (κ1) is 11.8. The van der Waals surface area contributed by atoms with Crippen LogP contribution in [0.2, 0.25) is 0 Å². The van der Waals surface area contributed by atoms with E-state index in [4.69, 9.17) is 10.8 Å². The van der Waals surface area contributed by atoms with E-state index in [2.05, 4.69) is 9.98 Å². The van der Waals surface area contributed by atoms with Gasteiger partial charge in [0.15, 0.2) is 5.96 Å². The zero-order valence-corrected chi connectivity index (χ0v) is 9.68. The number of carbonyl (C=O) groups is 1. The number of pyridine rings is 1. The molecule has 0 bridgehead atoms. The number of alkyl halides is 2. The molecular formula is C11H10F2N4O2. The molecule has 1 aromatic rings. The topological polar surface area (TPSA) is 91.8 Å². The van der Waals surface area contributed by atoms with E-state index in [-0.39, 0.29) is 11.7 Å². The lowest BCUT2D eigenvalue weighted by Crippen LogP contribution is -2.40. The van der Waals surface area contributed by atoms with Gasteiger partial charge in [0.1, 0.15) is 5.69 Å². The molecule has 0 amide bonds. The predicted molar refractivity (Wildman–Crippen MR) is 61.5 cm³/mol. The molecule has 100 valence electrons. The second-order valence-electron chi connectivity index (χ2n) is 4.61. The maximum absolute atomic E-state index is 13.5. The Labute approximate surface area is 106 Å². The van der Waals surface area contributed by atoms with Gasteiger partial charge in [-0.25, -0.2) is 23.6 Å². The summed E-state index contributed by atoms with van der Waals surface area (Å²) in [6.45, 7) is -0.503. The van der Waals surface area contributed by atoms with Gasteiger partial charge in [-0.05, 0) is 6.07 Å². The third-order valence-corrected chi connectivity index (χ3v) is 3.29. The molecule has 0 spiro atoms. The number of carboxylic acid groups (broad SMARTS) is 1. The van der Waals surface area contributed by atoms with Crippen LogP contribution in [0.3, 0.4) is 0 Å². The third kappa shape index (κ3) is 1.79. The van der Waals surface area contributed by atoms with E-state index in [1.807, 2.05) is 0 Å². The molecule has 0 aliphatic carbocycles. The van der Waals surface area contributed by atoms with Crippen LogP contribution in [-0.4, -0.2) is 39.4 Å². The molecular weight excluding hydrogens is 258 g/mol. The number of fused-ring (bicyclic) bond motifs is 3. The molecule has 6 nitrogen and oxygen atoms in total. The van der Waals surface area contributed by atoms with Gasteiger partial charge in [-0.2, -0.15) is 0 Å². The van der Waals surface area contributed by atoms with Gasteiger partial charge >= 0.3 is 5.97 Å². The first-order valence-corrected chi connectivity index (χ1v) is 5.59. The second-order valence-corrected chi connectivity index (χ2v) is 4.61. The van der Waals surface area contributed by atoms with Crippen LogP contribution in [0.4, 0.5) is 14.5 Å². The Balaban J connectivity index is 2.11. The van der Waals surface area contributed by atoms with Crippen molar-refractivity contribution in [3.63, 3.8) is 0 Å². The predicted octanol–water partition coefficient (Wildman–Crippen LogP) is 1.12. The van der Waals surface area contributed by atoms with Crippen molar-refractivity contribution < 1.29 is 18.7 Å². The molecule has 0 saturated carbocycles. The molecule has 1 aromatic heterocycles. The van der Waals surface area contributed by atoms with Crippen molar-refractivity contribution in [1.82, 2.24) is 9.88 Å². The molecule has 3 rings (SSSR count). The van der Waals surface area contributed by atoms with Crippen molar-refractivity contribution in [1.29, 1.82) is 0 Å². The van der Waals surface area contributed by atoms with Crippen LogP contribution in [0, 0.1) is 0 Å². The van der Waals surface area contributed by atoms with Crippen LogP contribution in [0.1, 0.15) is 28.5 Å². The Bertz CT molecular complexity index is 602. The number of guanidine groups is 1. The number of rotatable bonds is 1. The zero-order chi connectivity index (χ0) is 13.8. The number of nitrogens with zero attached hydrogens (tertiary/aromatic N) is 3. The number of aromatic nitrogens is 1. The zero-order valence-electron chi connectivity index (χ0n) is 9.68. The van der Waals surface area contributed by atoms with E-state index in [9.17, 15) is 13.6 Å². The van der Waals surface area contributed by atoms with Crippen molar-refractivity contribution in [3.05, 3.63) is 23.5 Å². The molecule has 8 heteroatoms. The number of hydrogen-bond donors (Lipinski definition) is 2. The third-order valence-electron chi connectivity index (χ3n) is 3.29. The molecule has 1 fully saturated rings. The number of aromatic carboxylic acids is 1. The van der Waals surface area contributed by atoms with Crippen LogP contribution in [-0.2, 0) is 0 Å². The smallest absolute Gasteiger partial charge is 0.354 e. The van der Waals surface area contributed by atoms with Crippen LogP contribution in [0.25, 0.3) is 0 Å². The van der Waals surface area contributed by atoms with Crippen molar-refractivity contribution in [3.8, 4) is 0 Å². The van der Waals surface area contributed by atoms with Gasteiger partial charge in [0.2, 0.25) is 0 Å². The van der Waals surface area contributed by atoms with Crippen molar-refractivity contribution in [2.75, 3.05) is 6.54 Å². The highest BCUT2D eigenvalue weighted by Crippen LogP contribution is 2.45. The van der Waals surface area contributed by atoms with E-state index in [0.717, 1.165) is 0 Å². The average molecular weight is 268 g/mol. The number of carboxylic acids is 1. The fourth-order valence-electron chi connectivity index (χ4n) is 2.46. The largest absolute Gasteiger partial charge is 0.477 e. The van der Waals surface area contributed by atoms with Gasteiger partial charge in [-0.15, -0.1) is 0 Å². The summed E-state index contributed by atoms with van der Waals surface area (Å²) in [4.78, 5) is 19.9. The molecule has 19 heavy (non-hydrogen) atoms. The second kappa shape index (κ2) is 3.62. The van der Waals surface area contributed by atoms with Crippen LogP contribution >= 0.6 is 0 Å². The summed E-state index contributed by atoms with van der Waals surface area (Å²) in [5, 5.41) is 8.90. The first-order chi connectivity index (χ1) is 8.87. The van der Waals surface area contributed by atoms with Crippen molar-refractivity contribution >= 4 is 17.6 Å². The molecule has 0 unspecified atom stereocenters. The minimum Gasteiger partial charge on any atom is -0.477 e. The lowest BCUT2D eigenvalue weighted by Gasteiger charge is -2.29. The van der Waals surface area contributed by atoms with E-state index < -0.39 is 30.9 Å². The Kier molecular flexibility index (Phi) is 2.25. The molecule has 0 radical (unpaired) electrons. The molecule has 1 atom stereocenters. The summed E-state index contributed by atoms with van der Waals surface area (Å²) < 4.78 is 27.0. The highest BCUT2D eigenvalue weighted by Gasteiger charge is 2.48. The van der Waals surface area contributed by atoms with Gasteiger partial charge in [0.05, 0.1) is 24.5 Å². The van der Waals surface area contributed by atoms with Gasteiger partial charge in [-0.3, -0.25) is 0 Å². The maximum atomic E-state index is 13.5. The maximum Gasteiger partial charge on any atom is 0.354 e. The monoisotopic (exact) mass is 268 g/mol. The Morgan fingerprint density at radius 1 is 1.58 bits per heavy atom. The van der Waals surface area contributed by atoms with E-state index in [1.165, 1.54) is 17.2 Å². The summed E-state index contributed by atoms with van der Waals surface area (Å²) in [5.74, 6) is -4.06. The molecule has 2 aliphatic rings. The van der Waals surface area contributed by atoms with Crippen molar-refractivity contribution in [2.45, 2.75) is 18.4 Å². The summed E-state index contributed by atoms with van der Waals surface area (Å²) in [7, 11) is 0. The fraction of sp³-hybridized carbons (Fsp3) is 0.364. The standard InChI is InChI=1S/C11H10F2N4O2/c12-11(13)2-8-5-1-6(9(18)19)15-3-7(5)16-10(14)17(8)4-11/h1,3,8H,2,4H2,(H2,14,16)(H,18,19)/t8-/m0/s1. The average Bonchev–Trinajstić information content (AvgIpc) is 2.65. The minimum absolute atomic E-state index is 0.0135. The highest BCUT2D eigenvalue weighted by atomic mass is 19.3. The SMILES string of the molecule is NC1=Nc2cnc(C(=O)O)cc2[C@@H]2CC(F)(F)CN12. The fourth-order valence-corrected chi connectivity index (χ4v) is 2.46. The van der Waals surface area contributed by atoms with Gasteiger partial charge in [-0.1, -0.05) is 0 Å². The normalized spacial score (nSPS) is 23.6. The lowest BCUT2D eigenvalue weighted by atomic mass is 10.0. The van der Waals surface area contributed by atoms with Crippen LogP contribution in [0.5, 0.6) is 0 Å². The van der Waals surface area contributed by atoms with Crippen molar-refractivity contribution in [2.24, 2.45) is 10.7 Å². The molecule has 3 heterocycles. The summed E-state index contributed by atoms with van der Waals surface area (Å²) >= 11 is 0. The van der Waals surface area contributed by atoms with E-state index >= 15 is 0 Å². The van der Waals surface area contributed by atoms with E-state index in [0.29, 0.717) is 11.3 Å². The molecule has 2 aliphatic heterocycles. The van der Waals surface area contributed by atoms with E-state index in [1.54, 1.807) is 0 Å². The number of nitrogens with two attached hydrogens (primary N) is 1. The Morgan fingerprint density at radius 2 is 2.32 bits per heavy atom. The van der Waals surface area contributed by atoms with Crippen LogP contribution < -0.4 is 5.73 Å². The Morgan fingerprint density at radius 3 is 3.00 bits per heavy atom. The summed E-state index contributed by atoms with van der Waals surface area (Å²) in [6.07, 6.45) is 0.846. The minimum atomic E-state index is -2.86. The lowest BCUT2D eigenvalue weighted by molar-refractivity contribution is 0.0164. The summed E-state index contributed by atoms with van der Waals surface area (Å²) in [5.41, 5.74) is 6.24. The summed E-state index contributed by atoms with van der Waals surface area (Å²) in [6, 6.07) is 0.635. The highest BCUT2D eigenvalue weighted by molar-refractivity contribution is 5.88. The van der Waals surface area contributed by atoms with Gasteiger partial charge in [0.25, 0.3) is 5.92 Å². The van der Waals surface area contributed by atoms with Crippen LogP contribution in [0.15, 0.2) is 17.3 Å². The van der Waals surface area contributed by atoms with Gasteiger partial charge < -0.3 is 15.7 Å². The molecule has 0 aromatic carbocycles. The molecule has 3 N–H and O–H groups in total. The number of halogens is 2. The number of hydrogen-bond acceptors (Lipinski definition) is 5. The quantitative estimate of drug-likeness (QED) is 0.796. The molecule has 1 saturated heterocycles. The van der Waals surface area contributed by atoms with Gasteiger partial charge in [0, 0.05) is 12.0 Å². The Hall–Kier alpha value is -2.25.